The van der Waals surface area contributed by atoms with Gasteiger partial charge in [-0.2, -0.15) is 0 Å². The number of fused-ring (bicyclic) bond motifs is 1. The maximum Gasteiger partial charge on any atom is 0.136 e. The fourth-order valence-corrected chi connectivity index (χ4v) is 3.06. The molecule has 0 spiro atoms. The van der Waals surface area contributed by atoms with Crippen LogP contribution in [0.15, 0.2) is 38.2 Å². The third-order valence-electron chi connectivity index (χ3n) is 2.19. The summed E-state index contributed by atoms with van der Waals surface area (Å²) in [6.45, 7) is 0. The first kappa shape index (κ1) is 13.6. The van der Waals surface area contributed by atoms with Crippen molar-refractivity contribution in [2.75, 3.05) is 14.1 Å². The van der Waals surface area contributed by atoms with Gasteiger partial charge in [-0.25, -0.2) is 9.38 Å². The van der Waals surface area contributed by atoms with Crippen molar-refractivity contribution in [3.8, 4) is 0 Å². The number of hydrogen-bond acceptors (Lipinski definition) is 3. The Hall–Kier alpha value is -0.780. The number of benzene rings is 1. The van der Waals surface area contributed by atoms with E-state index in [0.717, 1.165) is 20.1 Å². The maximum absolute atomic E-state index is 6.10. The molecule has 0 N–H and O–H groups in total. The lowest BCUT2D eigenvalue weighted by molar-refractivity contribution is 0.645. The highest BCUT2D eigenvalue weighted by Crippen LogP contribution is 2.34. The van der Waals surface area contributed by atoms with Crippen LogP contribution >= 0.6 is 39.5 Å². The SMILES string of the molecule is CN(C)C=NSc1cc(Br)cc2c(Cl)nccc12. The van der Waals surface area contributed by atoms with Gasteiger partial charge >= 0.3 is 0 Å². The lowest BCUT2D eigenvalue weighted by atomic mass is 10.2. The molecule has 0 saturated carbocycles. The van der Waals surface area contributed by atoms with E-state index < -0.39 is 0 Å². The van der Waals surface area contributed by atoms with Crippen LogP contribution < -0.4 is 0 Å². The zero-order valence-electron chi connectivity index (χ0n) is 9.89. The van der Waals surface area contributed by atoms with E-state index in [4.69, 9.17) is 11.6 Å². The topological polar surface area (TPSA) is 28.5 Å². The second kappa shape index (κ2) is 5.91. The molecule has 1 aromatic heterocycles. The molecule has 2 rings (SSSR count). The summed E-state index contributed by atoms with van der Waals surface area (Å²) >= 11 is 11.0. The average molecular weight is 345 g/mol. The first-order valence-electron chi connectivity index (χ1n) is 5.18. The van der Waals surface area contributed by atoms with Gasteiger partial charge < -0.3 is 4.90 Å². The molecule has 3 nitrogen and oxygen atoms in total. The largest absolute Gasteiger partial charge is 0.368 e. The lowest BCUT2D eigenvalue weighted by Gasteiger charge is -2.06. The third kappa shape index (κ3) is 3.16. The van der Waals surface area contributed by atoms with Crippen LogP contribution in [0.4, 0.5) is 0 Å². The molecule has 0 radical (unpaired) electrons. The molecule has 0 atom stereocenters. The molecule has 94 valence electrons. The molecular formula is C12H11BrClN3S. The number of pyridine rings is 1. The normalized spacial score (nSPS) is 11.3. The fraction of sp³-hybridized carbons (Fsp3) is 0.167. The average Bonchev–Trinajstić information content (AvgIpc) is 2.30. The molecule has 0 fully saturated rings. The summed E-state index contributed by atoms with van der Waals surface area (Å²) < 4.78 is 5.26. The highest BCUT2D eigenvalue weighted by Gasteiger charge is 2.07. The molecule has 0 unspecified atom stereocenters. The number of nitrogens with zero attached hydrogens (tertiary/aromatic N) is 3. The zero-order valence-corrected chi connectivity index (χ0v) is 13.1. The van der Waals surface area contributed by atoms with Crippen LogP contribution in [0.3, 0.4) is 0 Å². The van der Waals surface area contributed by atoms with E-state index in [2.05, 4.69) is 25.3 Å². The zero-order chi connectivity index (χ0) is 13.1. The predicted molar refractivity (Wildman–Crippen MR) is 82.5 cm³/mol. The van der Waals surface area contributed by atoms with Gasteiger partial charge in [0.1, 0.15) is 5.15 Å². The number of hydrogen-bond donors (Lipinski definition) is 0. The van der Waals surface area contributed by atoms with Crippen molar-refractivity contribution in [2.45, 2.75) is 4.90 Å². The molecule has 0 saturated heterocycles. The smallest absolute Gasteiger partial charge is 0.136 e. The Morgan fingerprint density at radius 3 is 2.89 bits per heavy atom. The maximum atomic E-state index is 6.10. The van der Waals surface area contributed by atoms with E-state index in [0.29, 0.717) is 5.15 Å². The van der Waals surface area contributed by atoms with E-state index in [1.54, 1.807) is 12.5 Å². The van der Waals surface area contributed by atoms with Crippen molar-refractivity contribution in [3.05, 3.63) is 34.0 Å². The van der Waals surface area contributed by atoms with Gasteiger partial charge in [-0.05, 0) is 18.2 Å². The number of rotatable bonds is 3. The highest BCUT2D eigenvalue weighted by molar-refractivity contribution is 9.10. The van der Waals surface area contributed by atoms with E-state index in [9.17, 15) is 0 Å². The van der Waals surface area contributed by atoms with E-state index in [-0.39, 0.29) is 0 Å². The van der Waals surface area contributed by atoms with Gasteiger partial charge in [0, 0.05) is 52.4 Å². The van der Waals surface area contributed by atoms with Crippen molar-refractivity contribution in [2.24, 2.45) is 4.40 Å². The van der Waals surface area contributed by atoms with Gasteiger partial charge in [0.2, 0.25) is 0 Å². The van der Waals surface area contributed by atoms with Gasteiger partial charge in [-0.3, -0.25) is 0 Å². The van der Waals surface area contributed by atoms with Crippen molar-refractivity contribution in [3.63, 3.8) is 0 Å². The van der Waals surface area contributed by atoms with Crippen LogP contribution in [0.25, 0.3) is 10.8 Å². The van der Waals surface area contributed by atoms with E-state index in [1.165, 1.54) is 11.9 Å². The van der Waals surface area contributed by atoms with Crippen LogP contribution in [0, 0.1) is 0 Å². The van der Waals surface area contributed by atoms with Crippen LogP contribution in [0.5, 0.6) is 0 Å². The second-order valence-corrected chi connectivity index (χ2v) is 5.98. The fourth-order valence-electron chi connectivity index (χ4n) is 1.43. The Labute approximate surface area is 124 Å². The molecule has 1 heterocycles. The monoisotopic (exact) mass is 343 g/mol. The summed E-state index contributed by atoms with van der Waals surface area (Å²) in [5, 5.41) is 2.49. The van der Waals surface area contributed by atoms with Crippen LogP contribution in [-0.2, 0) is 0 Å². The molecule has 1 aromatic carbocycles. The molecule has 2 aromatic rings. The molecule has 18 heavy (non-hydrogen) atoms. The van der Waals surface area contributed by atoms with E-state index >= 15 is 0 Å². The molecular weight excluding hydrogens is 334 g/mol. The summed E-state index contributed by atoms with van der Waals surface area (Å²) in [5.41, 5.74) is 0. The minimum atomic E-state index is 0.507. The highest BCUT2D eigenvalue weighted by atomic mass is 79.9. The molecule has 0 bridgehead atoms. The van der Waals surface area contributed by atoms with Crippen LogP contribution in [0.2, 0.25) is 5.15 Å². The molecule has 0 aliphatic rings. The molecule has 0 aliphatic carbocycles. The minimum Gasteiger partial charge on any atom is -0.368 e. The standard InChI is InChI=1S/C12H11BrClN3S/c1-17(2)7-16-18-11-6-8(13)5-10-9(11)3-4-15-12(10)14/h3-7H,1-2H3. The Bertz CT molecular complexity index is 601. The van der Waals surface area contributed by atoms with Gasteiger partial charge in [-0.1, -0.05) is 27.5 Å². The summed E-state index contributed by atoms with van der Waals surface area (Å²) in [6.07, 6.45) is 3.47. The Balaban J connectivity index is 2.46. The Morgan fingerprint density at radius 2 is 2.17 bits per heavy atom. The first-order chi connectivity index (χ1) is 8.58. The Morgan fingerprint density at radius 1 is 1.39 bits per heavy atom. The van der Waals surface area contributed by atoms with Crippen LogP contribution in [-0.4, -0.2) is 30.3 Å². The van der Waals surface area contributed by atoms with Gasteiger partial charge in [0.25, 0.3) is 0 Å². The quantitative estimate of drug-likeness (QED) is 0.361. The van der Waals surface area contributed by atoms with Gasteiger partial charge in [0.05, 0.1) is 6.34 Å². The summed E-state index contributed by atoms with van der Waals surface area (Å²) in [4.78, 5) is 7.02. The number of aromatic nitrogens is 1. The first-order valence-corrected chi connectivity index (χ1v) is 7.13. The van der Waals surface area contributed by atoms with Gasteiger partial charge in [0.15, 0.2) is 0 Å². The lowest BCUT2D eigenvalue weighted by Crippen LogP contribution is -2.06. The minimum absolute atomic E-state index is 0.507. The molecule has 0 aliphatic heterocycles. The van der Waals surface area contributed by atoms with Crippen molar-refractivity contribution < 1.29 is 0 Å². The summed E-state index contributed by atoms with van der Waals surface area (Å²) in [6, 6.07) is 5.93. The van der Waals surface area contributed by atoms with Crippen LogP contribution in [0.1, 0.15) is 0 Å². The summed E-state index contributed by atoms with van der Waals surface area (Å²) in [7, 11) is 3.87. The van der Waals surface area contributed by atoms with E-state index in [1.807, 2.05) is 37.2 Å². The third-order valence-corrected chi connectivity index (χ3v) is 3.68. The molecule has 0 amide bonds. The second-order valence-electron chi connectivity index (χ2n) is 3.88. The Kier molecular flexibility index (Phi) is 4.48. The predicted octanol–water partition coefficient (Wildman–Crippen LogP) is 4.25. The van der Waals surface area contributed by atoms with Gasteiger partial charge in [-0.15, -0.1) is 0 Å². The van der Waals surface area contributed by atoms with Crippen molar-refractivity contribution in [1.29, 1.82) is 0 Å². The molecule has 6 heteroatoms. The van der Waals surface area contributed by atoms with Crippen molar-refractivity contribution >= 4 is 56.6 Å². The van der Waals surface area contributed by atoms with Crippen molar-refractivity contribution in [1.82, 2.24) is 9.88 Å². The summed E-state index contributed by atoms with van der Waals surface area (Å²) in [5.74, 6) is 0. The number of halogens is 2.